The third-order valence-electron chi connectivity index (χ3n) is 1.77. The summed E-state index contributed by atoms with van der Waals surface area (Å²) >= 11 is 5.06. The molecule has 0 saturated carbocycles. The predicted octanol–water partition coefficient (Wildman–Crippen LogP) is 3.52. The maximum atomic E-state index is 4.20. The summed E-state index contributed by atoms with van der Waals surface area (Å²) in [5, 5.41) is 6.39. The Morgan fingerprint density at radius 3 is 2.71 bits per heavy atom. The number of hydrogen-bond donors (Lipinski definition) is 1. The van der Waals surface area contributed by atoms with Crippen LogP contribution in [0.3, 0.4) is 0 Å². The monoisotopic (exact) mass is 268 g/mol. The zero-order valence-electron chi connectivity index (χ0n) is 7.40. The van der Waals surface area contributed by atoms with E-state index in [-0.39, 0.29) is 0 Å². The summed E-state index contributed by atoms with van der Waals surface area (Å²) in [6, 6.07) is 8.11. The van der Waals surface area contributed by atoms with Crippen molar-refractivity contribution in [2.45, 2.75) is 6.54 Å². The van der Waals surface area contributed by atoms with E-state index in [9.17, 15) is 0 Å². The van der Waals surface area contributed by atoms with Gasteiger partial charge in [0.15, 0.2) is 0 Å². The molecule has 0 radical (unpaired) electrons. The van der Waals surface area contributed by atoms with Crippen molar-refractivity contribution < 1.29 is 0 Å². The molecule has 0 aliphatic heterocycles. The lowest BCUT2D eigenvalue weighted by molar-refractivity contribution is 1.10. The fraction of sp³-hybridized carbons (Fsp3) is 0.100. The first-order valence-corrected chi connectivity index (χ1v) is 5.90. The van der Waals surface area contributed by atoms with Gasteiger partial charge in [0, 0.05) is 21.7 Å². The Kier molecular flexibility index (Phi) is 3.16. The second-order valence-corrected chi connectivity index (χ2v) is 4.68. The lowest BCUT2D eigenvalue weighted by Crippen LogP contribution is -1.97. The fourth-order valence-corrected chi connectivity index (χ4v) is 1.91. The largest absolute Gasteiger partial charge is 0.379 e. The van der Waals surface area contributed by atoms with E-state index >= 15 is 0 Å². The van der Waals surface area contributed by atoms with Crippen LogP contribution in [0.5, 0.6) is 0 Å². The Balaban J connectivity index is 1.95. The predicted molar refractivity (Wildman–Crippen MR) is 63.6 cm³/mol. The van der Waals surface area contributed by atoms with Crippen LogP contribution in [0.4, 0.5) is 5.69 Å². The van der Waals surface area contributed by atoms with Gasteiger partial charge in [-0.15, -0.1) is 11.3 Å². The molecule has 1 heterocycles. The number of nitrogens with zero attached hydrogens (tertiary/aromatic N) is 1. The summed E-state index contributed by atoms with van der Waals surface area (Å²) in [6.07, 6.45) is 1.82. The normalized spacial score (nSPS) is 10.1. The Labute approximate surface area is 95.1 Å². The van der Waals surface area contributed by atoms with E-state index in [4.69, 9.17) is 0 Å². The average molecular weight is 269 g/mol. The molecule has 14 heavy (non-hydrogen) atoms. The zero-order valence-corrected chi connectivity index (χ0v) is 9.81. The molecule has 1 aromatic carbocycles. The van der Waals surface area contributed by atoms with E-state index in [0.717, 1.165) is 21.7 Å². The molecule has 72 valence electrons. The fourth-order valence-electron chi connectivity index (χ4n) is 1.09. The van der Waals surface area contributed by atoms with Crippen LogP contribution in [-0.4, -0.2) is 4.98 Å². The summed E-state index contributed by atoms with van der Waals surface area (Å²) < 4.78 is 1.09. The van der Waals surface area contributed by atoms with Crippen molar-refractivity contribution in [1.82, 2.24) is 4.98 Å². The topological polar surface area (TPSA) is 24.9 Å². The molecular formula is C10H9BrN2S. The second kappa shape index (κ2) is 4.57. The van der Waals surface area contributed by atoms with Crippen molar-refractivity contribution in [2.75, 3.05) is 5.32 Å². The van der Waals surface area contributed by atoms with Gasteiger partial charge in [0.25, 0.3) is 0 Å². The van der Waals surface area contributed by atoms with Gasteiger partial charge in [-0.05, 0) is 24.3 Å². The van der Waals surface area contributed by atoms with Gasteiger partial charge < -0.3 is 5.32 Å². The number of halogens is 1. The number of anilines is 1. The van der Waals surface area contributed by atoms with Crippen molar-refractivity contribution in [3.8, 4) is 0 Å². The van der Waals surface area contributed by atoms with Gasteiger partial charge in [-0.1, -0.05) is 15.9 Å². The molecule has 1 N–H and O–H groups in total. The van der Waals surface area contributed by atoms with E-state index in [1.54, 1.807) is 11.3 Å². The summed E-state index contributed by atoms with van der Waals surface area (Å²) in [5.74, 6) is 0. The third-order valence-corrected chi connectivity index (χ3v) is 3.08. The summed E-state index contributed by atoms with van der Waals surface area (Å²) in [7, 11) is 0. The molecule has 2 aromatic rings. The smallest absolute Gasteiger partial charge is 0.112 e. The highest BCUT2D eigenvalue weighted by molar-refractivity contribution is 9.10. The first kappa shape index (κ1) is 9.68. The minimum atomic E-state index is 0.791. The Morgan fingerprint density at radius 1 is 1.29 bits per heavy atom. The quantitative estimate of drug-likeness (QED) is 0.922. The molecule has 0 aliphatic carbocycles. The molecule has 0 atom stereocenters. The van der Waals surface area contributed by atoms with Gasteiger partial charge in [0.1, 0.15) is 5.01 Å². The molecule has 2 nitrogen and oxygen atoms in total. The summed E-state index contributed by atoms with van der Waals surface area (Å²) in [5.41, 5.74) is 1.11. The van der Waals surface area contributed by atoms with E-state index < -0.39 is 0 Å². The minimum absolute atomic E-state index is 0.791. The molecule has 0 aliphatic rings. The first-order valence-electron chi connectivity index (χ1n) is 4.22. The molecule has 0 bridgehead atoms. The van der Waals surface area contributed by atoms with Crippen LogP contribution in [0.2, 0.25) is 0 Å². The Bertz CT molecular complexity index is 383. The minimum Gasteiger partial charge on any atom is -0.379 e. The number of nitrogens with one attached hydrogen (secondary N) is 1. The first-order chi connectivity index (χ1) is 6.84. The van der Waals surface area contributed by atoms with E-state index in [1.165, 1.54) is 0 Å². The van der Waals surface area contributed by atoms with Crippen LogP contribution < -0.4 is 5.32 Å². The molecule has 0 spiro atoms. The number of benzene rings is 1. The lowest BCUT2D eigenvalue weighted by atomic mass is 10.3. The summed E-state index contributed by atoms with van der Waals surface area (Å²) in [4.78, 5) is 4.20. The van der Waals surface area contributed by atoms with Crippen molar-refractivity contribution in [2.24, 2.45) is 0 Å². The third kappa shape index (κ3) is 2.56. The van der Waals surface area contributed by atoms with Gasteiger partial charge in [-0.3, -0.25) is 0 Å². The van der Waals surface area contributed by atoms with Crippen LogP contribution in [0.1, 0.15) is 5.01 Å². The van der Waals surface area contributed by atoms with Crippen LogP contribution in [0, 0.1) is 0 Å². The van der Waals surface area contributed by atoms with Crippen LogP contribution in [0.25, 0.3) is 0 Å². The molecule has 1 aromatic heterocycles. The zero-order chi connectivity index (χ0) is 9.80. The van der Waals surface area contributed by atoms with Crippen molar-refractivity contribution in [3.63, 3.8) is 0 Å². The number of aromatic nitrogens is 1. The molecular weight excluding hydrogens is 260 g/mol. The second-order valence-electron chi connectivity index (χ2n) is 2.79. The van der Waals surface area contributed by atoms with Gasteiger partial charge in [-0.25, -0.2) is 4.98 Å². The van der Waals surface area contributed by atoms with E-state index in [1.807, 2.05) is 35.8 Å². The molecule has 0 saturated heterocycles. The maximum Gasteiger partial charge on any atom is 0.112 e. The van der Waals surface area contributed by atoms with E-state index in [2.05, 4.69) is 26.2 Å². The lowest BCUT2D eigenvalue weighted by Gasteiger charge is -2.03. The molecule has 2 rings (SSSR count). The highest BCUT2D eigenvalue weighted by Crippen LogP contribution is 2.15. The summed E-state index contributed by atoms with van der Waals surface area (Å²) in [6.45, 7) is 0.791. The highest BCUT2D eigenvalue weighted by Gasteiger charge is 1.95. The van der Waals surface area contributed by atoms with Crippen LogP contribution >= 0.6 is 27.3 Å². The van der Waals surface area contributed by atoms with Gasteiger partial charge in [0.2, 0.25) is 0 Å². The molecule has 0 fully saturated rings. The Hall–Kier alpha value is -0.870. The van der Waals surface area contributed by atoms with Crippen LogP contribution in [0.15, 0.2) is 40.3 Å². The number of thiazole rings is 1. The number of hydrogen-bond acceptors (Lipinski definition) is 3. The average Bonchev–Trinajstić information content (AvgIpc) is 2.70. The van der Waals surface area contributed by atoms with Crippen LogP contribution in [-0.2, 0) is 6.54 Å². The molecule has 4 heteroatoms. The van der Waals surface area contributed by atoms with Crippen molar-refractivity contribution >= 4 is 33.0 Å². The molecule has 0 amide bonds. The Morgan fingerprint density at radius 2 is 2.07 bits per heavy atom. The SMILES string of the molecule is Brc1ccc(NCc2nccs2)cc1. The highest BCUT2D eigenvalue weighted by atomic mass is 79.9. The van der Waals surface area contributed by atoms with Gasteiger partial charge in [0.05, 0.1) is 6.54 Å². The van der Waals surface area contributed by atoms with Gasteiger partial charge in [-0.2, -0.15) is 0 Å². The van der Waals surface area contributed by atoms with Crippen molar-refractivity contribution in [1.29, 1.82) is 0 Å². The maximum absolute atomic E-state index is 4.20. The van der Waals surface area contributed by atoms with E-state index in [0.29, 0.717) is 0 Å². The number of rotatable bonds is 3. The standard InChI is InChI=1S/C10H9BrN2S/c11-8-1-3-9(4-2-8)13-7-10-12-5-6-14-10/h1-6,13H,7H2. The molecule has 0 unspecified atom stereocenters. The van der Waals surface area contributed by atoms with Crippen molar-refractivity contribution in [3.05, 3.63) is 45.3 Å². The van der Waals surface area contributed by atoms with Gasteiger partial charge >= 0.3 is 0 Å².